The molecule has 0 aliphatic heterocycles. The Balaban J connectivity index is 0.000000448. The Hall–Kier alpha value is -2.98. The molecule has 0 aliphatic rings. The molecule has 4 rings (SSSR count). The summed E-state index contributed by atoms with van der Waals surface area (Å²) < 4.78 is 1.99. The molecule has 3 aromatic heterocycles. The lowest BCUT2D eigenvalue weighted by Crippen LogP contribution is -2.16. The van der Waals surface area contributed by atoms with Crippen LogP contribution in [-0.4, -0.2) is 44.2 Å². The van der Waals surface area contributed by atoms with Crippen LogP contribution < -0.4 is 5.48 Å². The average molecular weight is 486 g/mol. The third-order valence-electron chi connectivity index (χ3n) is 3.79. The topological polar surface area (TPSA) is 102 Å². The van der Waals surface area contributed by atoms with Gasteiger partial charge in [0.15, 0.2) is 12.6 Å². The maximum Gasteiger partial charge on any atom is 0.171 e. The number of aldehydes is 1. The summed E-state index contributed by atoms with van der Waals surface area (Å²) in [6.45, 7) is 10.5. The summed E-state index contributed by atoms with van der Waals surface area (Å²) in [7, 11) is 1.59. The SMILES string of the molecule is CC.CCC.CNOC(C)O.O=Cc1cnc(-c2cn(Cc3cnc4ccccc4c3)cn2)s1. The Morgan fingerprint density at radius 2 is 1.88 bits per heavy atom. The Labute approximate surface area is 205 Å². The molecule has 0 aliphatic carbocycles. The van der Waals surface area contributed by atoms with Gasteiger partial charge in [0.25, 0.3) is 0 Å². The van der Waals surface area contributed by atoms with Crippen LogP contribution in [0.5, 0.6) is 0 Å². The molecule has 0 amide bonds. The lowest BCUT2D eigenvalue weighted by molar-refractivity contribution is -0.126. The van der Waals surface area contributed by atoms with Gasteiger partial charge in [0, 0.05) is 31.0 Å². The third kappa shape index (κ3) is 9.88. The van der Waals surface area contributed by atoms with E-state index in [-0.39, 0.29) is 0 Å². The molecule has 0 fully saturated rings. The van der Waals surface area contributed by atoms with E-state index in [9.17, 15) is 4.79 Å². The number of nitrogens with zero attached hydrogens (tertiary/aromatic N) is 4. The highest BCUT2D eigenvalue weighted by molar-refractivity contribution is 7.16. The predicted octanol–water partition coefficient (Wildman–Crippen LogP) is 5.33. The van der Waals surface area contributed by atoms with Gasteiger partial charge >= 0.3 is 0 Å². The zero-order valence-corrected chi connectivity index (χ0v) is 21.5. The van der Waals surface area contributed by atoms with Gasteiger partial charge in [0.1, 0.15) is 10.7 Å². The molecular formula is C25H35N5O3S. The van der Waals surface area contributed by atoms with E-state index in [2.05, 4.69) is 51.2 Å². The second-order valence-corrected chi connectivity index (χ2v) is 7.84. The van der Waals surface area contributed by atoms with E-state index in [1.165, 1.54) is 24.7 Å². The highest BCUT2D eigenvalue weighted by Gasteiger charge is 2.08. The van der Waals surface area contributed by atoms with Crippen molar-refractivity contribution in [2.75, 3.05) is 7.05 Å². The van der Waals surface area contributed by atoms with Crippen LogP contribution in [0.3, 0.4) is 0 Å². The van der Waals surface area contributed by atoms with Crippen LogP contribution in [0.1, 0.15) is 56.3 Å². The van der Waals surface area contributed by atoms with Crippen LogP contribution >= 0.6 is 11.3 Å². The van der Waals surface area contributed by atoms with Crippen LogP contribution in [0.25, 0.3) is 21.6 Å². The highest BCUT2D eigenvalue weighted by atomic mass is 32.1. The van der Waals surface area contributed by atoms with Gasteiger partial charge in [-0.15, -0.1) is 11.3 Å². The predicted molar refractivity (Wildman–Crippen MR) is 139 cm³/mol. The van der Waals surface area contributed by atoms with E-state index in [4.69, 9.17) is 5.11 Å². The number of hydrogen-bond acceptors (Lipinski definition) is 8. The van der Waals surface area contributed by atoms with E-state index in [1.807, 2.05) is 49.0 Å². The maximum atomic E-state index is 10.7. The number of aromatic nitrogens is 4. The molecule has 0 bridgehead atoms. The molecule has 0 saturated carbocycles. The maximum absolute atomic E-state index is 10.7. The number of hydroxylamine groups is 1. The van der Waals surface area contributed by atoms with Crippen molar-refractivity contribution in [1.29, 1.82) is 0 Å². The number of thiazole rings is 1. The van der Waals surface area contributed by atoms with Gasteiger partial charge in [0.05, 0.1) is 23.3 Å². The standard InChI is InChI=1S/C17H12N4OS.C3H9NO2.C3H8.C2H6/c22-10-14-7-19-17(23-14)16-9-21(11-20-16)8-12-5-13-3-1-2-4-15(13)18-6-12;1-3(5)6-4-2;1-3-2;1-2/h1-7,9-11H,8H2;3-5H,1-2H3;3H2,1-2H3;1-2H3. The van der Waals surface area contributed by atoms with Crippen LogP contribution in [0.15, 0.2) is 55.2 Å². The fraction of sp³-hybridized carbons (Fsp3) is 0.360. The molecular weight excluding hydrogens is 450 g/mol. The summed E-state index contributed by atoms with van der Waals surface area (Å²) in [4.78, 5) is 28.8. The summed E-state index contributed by atoms with van der Waals surface area (Å²) in [6, 6.07) is 10.2. The van der Waals surface area contributed by atoms with Crippen molar-refractivity contribution in [3.05, 3.63) is 65.7 Å². The number of aliphatic hydroxyl groups is 1. The lowest BCUT2D eigenvalue weighted by atomic mass is 10.1. The number of hydrogen-bond donors (Lipinski definition) is 2. The number of carbonyl (C=O) groups is 1. The first-order valence-corrected chi connectivity index (χ1v) is 12.1. The number of benzene rings is 1. The largest absolute Gasteiger partial charge is 0.367 e. The number of carbonyl (C=O) groups excluding carboxylic acids is 1. The Bertz CT molecular complexity index is 1090. The van der Waals surface area contributed by atoms with Crippen molar-refractivity contribution in [2.45, 2.75) is 53.9 Å². The molecule has 0 radical (unpaired) electrons. The molecule has 4 aromatic rings. The van der Waals surface area contributed by atoms with E-state index in [0.29, 0.717) is 11.4 Å². The van der Waals surface area contributed by atoms with Gasteiger partial charge in [-0.25, -0.2) is 15.4 Å². The molecule has 3 heterocycles. The molecule has 1 unspecified atom stereocenters. The smallest absolute Gasteiger partial charge is 0.171 e. The zero-order valence-electron chi connectivity index (χ0n) is 20.7. The van der Waals surface area contributed by atoms with Crippen LogP contribution in [0.2, 0.25) is 0 Å². The number of aliphatic hydroxyl groups excluding tert-OH is 1. The van der Waals surface area contributed by atoms with Crippen molar-refractivity contribution in [2.24, 2.45) is 0 Å². The van der Waals surface area contributed by atoms with Crippen LogP contribution in [0.4, 0.5) is 0 Å². The number of fused-ring (bicyclic) bond motifs is 1. The lowest BCUT2D eigenvalue weighted by Gasteiger charge is -2.03. The molecule has 1 aromatic carbocycles. The normalized spacial score (nSPS) is 10.7. The summed E-state index contributed by atoms with van der Waals surface area (Å²) >= 11 is 1.34. The van der Waals surface area contributed by atoms with Gasteiger partial charge in [0.2, 0.25) is 0 Å². The average Bonchev–Trinajstić information content (AvgIpc) is 3.51. The Morgan fingerprint density at radius 3 is 2.47 bits per heavy atom. The molecule has 2 N–H and O–H groups in total. The number of pyridine rings is 1. The summed E-state index contributed by atoms with van der Waals surface area (Å²) in [5, 5.41) is 10.1. The van der Waals surface area contributed by atoms with E-state index in [1.54, 1.807) is 19.6 Å². The van der Waals surface area contributed by atoms with Gasteiger partial charge < -0.3 is 9.67 Å². The van der Waals surface area contributed by atoms with Crippen molar-refractivity contribution < 1.29 is 14.7 Å². The number of nitrogens with one attached hydrogen (secondary N) is 1. The molecule has 34 heavy (non-hydrogen) atoms. The third-order valence-corrected chi connectivity index (χ3v) is 4.74. The fourth-order valence-corrected chi connectivity index (χ4v) is 3.29. The number of para-hydroxylation sites is 1. The van der Waals surface area contributed by atoms with E-state index < -0.39 is 6.29 Å². The van der Waals surface area contributed by atoms with Gasteiger partial charge in [-0.1, -0.05) is 52.3 Å². The van der Waals surface area contributed by atoms with Crippen LogP contribution in [-0.2, 0) is 11.4 Å². The molecule has 8 nitrogen and oxygen atoms in total. The summed E-state index contributed by atoms with van der Waals surface area (Å²) in [6.07, 6.45) is 8.50. The first kappa shape index (κ1) is 29.1. The van der Waals surface area contributed by atoms with Crippen molar-refractivity contribution in [3.8, 4) is 10.7 Å². The minimum Gasteiger partial charge on any atom is -0.367 e. The minimum absolute atomic E-state index is 0.605. The monoisotopic (exact) mass is 485 g/mol. The second kappa shape index (κ2) is 16.6. The Kier molecular flexibility index (Phi) is 14.2. The highest BCUT2D eigenvalue weighted by Crippen LogP contribution is 2.23. The molecule has 1 atom stereocenters. The van der Waals surface area contributed by atoms with Crippen molar-refractivity contribution >= 4 is 28.5 Å². The molecule has 9 heteroatoms. The van der Waals surface area contributed by atoms with Crippen molar-refractivity contribution in [1.82, 2.24) is 25.0 Å². The summed E-state index contributed by atoms with van der Waals surface area (Å²) in [5.74, 6) is 0. The van der Waals surface area contributed by atoms with E-state index >= 15 is 0 Å². The minimum atomic E-state index is -0.713. The second-order valence-electron chi connectivity index (χ2n) is 6.78. The summed E-state index contributed by atoms with van der Waals surface area (Å²) in [5.41, 5.74) is 5.20. The number of rotatable bonds is 6. The van der Waals surface area contributed by atoms with Gasteiger partial charge in [-0.2, -0.15) is 0 Å². The van der Waals surface area contributed by atoms with Crippen molar-refractivity contribution in [3.63, 3.8) is 0 Å². The van der Waals surface area contributed by atoms with Gasteiger partial charge in [-0.3, -0.25) is 14.6 Å². The quantitative estimate of drug-likeness (QED) is 0.216. The first-order valence-electron chi connectivity index (χ1n) is 11.3. The Morgan fingerprint density at radius 1 is 1.18 bits per heavy atom. The van der Waals surface area contributed by atoms with E-state index in [0.717, 1.165) is 33.5 Å². The number of imidazole rings is 1. The first-order chi connectivity index (χ1) is 16.5. The molecule has 0 spiro atoms. The molecule has 184 valence electrons. The van der Waals surface area contributed by atoms with Crippen LogP contribution in [0, 0.1) is 0 Å². The zero-order chi connectivity index (χ0) is 25.3. The fourth-order valence-electron chi connectivity index (χ4n) is 2.60. The van der Waals surface area contributed by atoms with Gasteiger partial charge in [-0.05, 0) is 24.6 Å². The molecule has 0 saturated heterocycles.